The second-order valence-electron chi connectivity index (χ2n) is 6.54. The minimum absolute atomic E-state index is 0.0215. The van der Waals surface area contributed by atoms with E-state index in [1.54, 1.807) is 54.7 Å². The van der Waals surface area contributed by atoms with Crippen molar-refractivity contribution < 1.29 is 14.0 Å². The van der Waals surface area contributed by atoms with Crippen molar-refractivity contribution >= 4 is 45.9 Å². The van der Waals surface area contributed by atoms with E-state index in [-0.39, 0.29) is 17.4 Å². The lowest BCUT2D eigenvalue weighted by Crippen LogP contribution is -2.18. The summed E-state index contributed by atoms with van der Waals surface area (Å²) in [4.78, 5) is 28.8. The normalized spacial score (nSPS) is 10.7. The van der Waals surface area contributed by atoms with Gasteiger partial charge in [-0.15, -0.1) is 0 Å². The summed E-state index contributed by atoms with van der Waals surface area (Å²) in [7, 11) is 1.49. The van der Waals surface area contributed by atoms with Gasteiger partial charge in [-0.2, -0.15) is 0 Å². The Hall–Kier alpha value is -3.84. The largest absolute Gasteiger partial charge is 0.447 e. The topological polar surface area (TPSA) is 110 Å². The maximum atomic E-state index is 12.6. The van der Waals surface area contributed by atoms with Crippen LogP contribution < -0.4 is 16.4 Å². The molecule has 0 spiro atoms. The molecule has 0 unspecified atom stereocenters. The van der Waals surface area contributed by atoms with Crippen LogP contribution in [0.25, 0.3) is 22.2 Å². The van der Waals surface area contributed by atoms with Gasteiger partial charge in [0.2, 0.25) is 5.76 Å². The number of amides is 2. The SMILES string of the molecule is CNC(=O)c1oc2cc(-c3cccc(C(=O)Nc4ccc(Cl)cc4)c3)cnc2c1N. The molecule has 0 atom stereocenters. The predicted octanol–water partition coefficient (Wildman–Crippen LogP) is 4.34. The molecule has 7 nitrogen and oxygen atoms in total. The second kappa shape index (κ2) is 7.88. The van der Waals surface area contributed by atoms with Crippen molar-refractivity contribution in [3.63, 3.8) is 0 Å². The molecular weight excluding hydrogens is 404 g/mol. The third-order valence-electron chi connectivity index (χ3n) is 4.56. The minimum atomic E-state index is -0.423. The lowest BCUT2D eigenvalue weighted by Gasteiger charge is -2.07. The maximum absolute atomic E-state index is 12.6. The molecule has 2 aromatic heterocycles. The number of halogens is 1. The van der Waals surface area contributed by atoms with E-state index in [9.17, 15) is 9.59 Å². The number of fused-ring (bicyclic) bond motifs is 1. The third kappa shape index (κ3) is 3.70. The van der Waals surface area contributed by atoms with Gasteiger partial charge >= 0.3 is 0 Å². The van der Waals surface area contributed by atoms with Crippen molar-refractivity contribution in [2.45, 2.75) is 0 Å². The highest BCUT2D eigenvalue weighted by atomic mass is 35.5. The van der Waals surface area contributed by atoms with Crippen LogP contribution in [0, 0.1) is 0 Å². The Kier molecular flexibility index (Phi) is 5.12. The molecule has 4 rings (SSSR count). The Labute approximate surface area is 176 Å². The standard InChI is InChI=1S/C22H17ClN4O3/c1-25-22(29)20-18(24)19-17(30-20)10-14(11-26-19)12-3-2-4-13(9-12)21(28)27-16-7-5-15(23)6-8-16/h2-11H,24H2,1H3,(H,25,29)(H,27,28). The van der Waals surface area contributed by atoms with Crippen LogP contribution in [0.15, 0.2) is 65.2 Å². The number of rotatable bonds is 4. The van der Waals surface area contributed by atoms with Crippen LogP contribution in [0.5, 0.6) is 0 Å². The molecule has 2 aromatic carbocycles. The first-order valence-corrected chi connectivity index (χ1v) is 9.41. The van der Waals surface area contributed by atoms with Crippen LogP contribution in [0.1, 0.15) is 20.9 Å². The summed E-state index contributed by atoms with van der Waals surface area (Å²) in [5.74, 6) is -0.654. The fourth-order valence-electron chi connectivity index (χ4n) is 3.01. The number of anilines is 2. The highest BCUT2D eigenvalue weighted by Gasteiger charge is 2.19. The van der Waals surface area contributed by atoms with Crippen LogP contribution in [0.4, 0.5) is 11.4 Å². The van der Waals surface area contributed by atoms with Crippen LogP contribution in [0.3, 0.4) is 0 Å². The quantitative estimate of drug-likeness (QED) is 0.454. The van der Waals surface area contributed by atoms with E-state index in [4.69, 9.17) is 21.8 Å². The minimum Gasteiger partial charge on any atom is -0.447 e. The zero-order chi connectivity index (χ0) is 21.3. The van der Waals surface area contributed by atoms with E-state index in [0.29, 0.717) is 27.4 Å². The highest BCUT2D eigenvalue weighted by Crippen LogP contribution is 2.30. The Morgan fingerprint density at radius 3 is 2.53 bits per heavy atom. The zero-order valence-corrected chi connectivity index (χ0v) is 16.7. The van der Waals surface area contributed by atoms with Crippen molar-refractivity contribution in [3.8, 4) is 11.1 Å². The first kappa shape index (κ1) is 19.5. The summed E-state index contributed by atoms with van der Waals surface area (Å²) >= 11 is 5.88. The van der Waals surface area contributed by atoms with Crippen LogP contribution in [-0.2, 0) is 0 Å². The summed E-state index contributed by atoms with van der Waals surface area (Å²) in [5, 5.41) is 5.90. The molecule has 2 heterocycles. The van der Waals surface area contributed by atoms with Crippen molar-refractivity contribution in [3.05, 3.63) is 77.1 Å². The molecule has 0 aliphatic heterocycles. The van der Waals surface area contributed by atoms with Crippen LogP contribution in [0.2, 0.25) is 5.02 Å². The molecule has 0 aliphatic rings. The Bertz CT molecular complexity index is 1270. The predicted molar refractivity (Wildman–Crippen MR) is 117 cm³/mol. The van der Waals surface area contributed by atoms with Gasteiger partial charge in [-0.05, 0) is 48.0 Å². The van der Waals surface area contributed by atoms with Crippen LogP contribution in [-0.4, -0.2) is 23.8 Å². The fraction of sp³-hybridized carbons (Fsp3) is 0.0455. The summed E-state index contributed by atoms with van der Waals surface area (Å²) in [5.41, 5.74) is 9.57. The lowest BCUT2D eigenvalue weighted by molar-refractivity contribution is 0.0938. The smallest absolute Gasteiger partial charge is 0.289 e. The van der Waals surface area contributed by atoms with E-state index in [0.717, 1.165) is 11.1 Å². The number of nitrogen functional groups attached to an aromatic ring is 1. The van der Waals surface area contributed by atoms with Crippen molar-refractivity contribution in [1.29, 1.82) is 0 Å². The zero-order valence-electron chi connectivity index (χ0n) is 15.9. The number of nitrogens with one attached hydrogen (secondary N) is 2. The number of pyridine rings is 1. The summed E-state index contributed by atoms with van der Waals surface area (Å²) < 4.78 is 5.59. The number of aromatic nitrogens is 1. The first-order valence-electron chi connectivity index (χ1n) is 9.03. The maximum Gasteiger partial charge on any atom is 0.289 e. The second-order valence-corrected chi connectivity index (χ2v) is 6.97. The summed E-state index contributed by atoms with van der Waals surface area (Å²) in [6.45, 7) is 0. The highest BCUT2D eigenvalue weighted by molar-refractivity contribution is 6.30. The van der Waals surface area contributed by atoms with E-state index in [1.165, 1.54) is 7.05 Å². The number of carbonyl (C=O) groups excluding carboxylic acids is 2. The van der Waals surface area contributed by atoms with E-state index < -0.39 is 5.91 Å². The lowest BCUT2D eigenvalue weighted by atomic mass is 10.0. The molecule has 4 aromatic rings. The number of hydrogen-bond donors (Lipinski definition) is 3. The number of hydrogen-bond acceptors (Lipinski definition) is 5. The third-order valence-corrected chi connectivity index (χ3v) is 4.81. The number of carbonyl (C=O) groups is 2. The van der Waals surface area contributed by atoms with Gasteiger partial charge in [-0.1, -0.05) is 23.7 Å². The first-order chi connectivity index (χ1) is 14.5. The Balaban J connectivity index is 1.64. The van der Waals surface area contributed by atoms with Gasteiger partial charge in [0.05, 0.1) is 0 Å². The van der Waals surface area contributed by atoms with Crippen molar-refractivity contribution in [2.24, 2.45) is 0 Å². The number of benzene rings is 2. The molecule has 30 heavy (non-hydrogen) atoms. The molecule has 0 radical (unpaired) electrons. The number of furan rings is 1. The molecule has 0 fully saturated rings. The molecule has 0 saturated heterocycles. The van der Waals surface area contributed by atoms with Crippen molar-refractivity contribution in [2.75, 3.05) is 18.1 Å². The van der Waals surface area contributed by atoms with E-state index >= 15 is 0 Å². The molecule has 8 heteroatoms. The Morgan fingerprint density at radius 2 is 1.80 bits per heavy atom. The average molecular weight is 421 g/mol. The molecule has 0 aliphatic carbocycles. The number of nitrogens with zero attached hydrogens (tertiary/aromatic N) is 1. The van der Waals surface area contributed by atoms with E-state index in [2.05, 4.69) is 15.6 Å². The van der Waals surface area contributed by atoms with E-state index in [1.807, 2.05) is 6.07 Å². The fourth-order valence-corrected chi connectivity index (χ4v) is 3.14. The van der Waals surface area contributed by atoms with Gasteiger partial charge in [0, 0.05) is 35.1 Å². The Morgan fingerprint density at radius 1 is 1.03 bits per heavy atom. The summed E-state index contributed by atoms with van der Waals surface area (Å²) in [6, 6.07) is 15.7. The monoisotopic (exact) mass is 420 g/mol. The molecule has 150 valence electrons. The molecule has 0 saturated carbocycles. The van der Waals surface area contributed by atoms with Gasteiger partial charge in [-0.25, -0.2) is 4.98 Å². The van der Waals surface area contributed by atoms with Crippen LogP contribution >= 0.6 is 11.6 Å². The molecule has 4 N–H and O–H groups in total. The molecule has 2 amide bonds. The van der Waals surface area contributed by atoms with Gasteiger partial charge in [-0.3, -0.25) is 9.59 Å². The molecule has 0 bridgehead atoms. The van der Waals surface area contributed by atoms with Gasteiger partial charge in [0.25, 0.3) is 11.8 Å². The van der Waals surface area contributed by atoms with Crippen molar-refractivity contribution in [1.82, 2.24) is 10.3 Å². The van der Waals surface area contributed by atoms with Gasteiger partial charge < -0.3 is 20.8 Å². The van der Waals surface area contributed by atoms with Gasteiger partial charge in [0.1, 0.15) is 11.2 Å². The average Bonchev–Trinajstić information content (AvgIpc) is 3.10. The van der Waals surface area contributed by atoms with Gasteiger partial charge in [0.15, 0.2) is 5.58 Å². The molecular formula is C22H17ClN4O3. The number of nitrogens with two attached hydrogens (primary N) is 1. The summed E-state index contributed by atoms with van der Waals surface area (Å²) in [6.07, 6.45) is 1.62.